The lowest BCUT2D eigenvalue weighted by molar-refractivity contribution is -0.139. The van der Waals surface area contributed by atoms with E-state index in [4.69, 9.17) is 11.6 Å². The number of halogens is 4. The van der Waals surface area contributed by atoms with E-state index in [-0.39, 0.29) is 45.1 Å². The third kappa shape index (κ3) is 3.97. The fourth-order valence-electron chi connectivity index (χ4n) is 4.88. The molecule has 1 aliphatic rings. The molecule has 1 atom stereocenters. The minimum atomic E-state index is -1.34. The van der Waals surface area contributed by atoms with E-state index >= 15 is 4.39 Å². The van der Waals surface area contributed by atoms with Gasteiger partial charge in [-0.15, -0.1) is 0 Å². The fourth-order valence-corrected chi connectivity index (χ4v) is 5.00. The number of phenols is 1. The Morgan fingerprint density at radius 1 is 1.15 bits per heavy atom. The molecule has 0 bridgehead atoms. The number of aromatic hydroxyl groups is 1. The molecule has 0 amide bonds. The number of aromatic nitrogens is 1. The Morgan fingerprint density at radius 2 is 1.82 bits per heavy atom. The topological polar surface area (TPSA) is 79.5 Å². The number of rotatable bonds is 5. The van der Waals surface area contributed by atoms with Crippen LogP contribution in [0.15, 0.2) is 24.3 Å². The lowest BCUT2D eigenvalue weighted by Gasteiger charge is -2.18. The maximum absolute atomic E-state index is 15.1. The van der Waals surface area contributed by atoms with Gasteiger partial charge in [0.15, 0.2) is 17.4 Å². The van der Waals surface area contributed by atoms with Crippen LogP contribution >= 0.6 is 11.6 Å². The highest BCUT2D eigenvalue weighted by atomic mass is 35.5. The molecule has 1 heterocycles. The molecule has 174 valence electrons. The van der Waals surface area contributed by atoms with Gasteiger partial charge in [0.1, 0.15) is 5.82 Å². The number of aliphatic carboxylic acids is 1. The largest absolute Gasteiger partial charge is 0.503 e. The van der Waals surface area contributed by atoms with Crippen molar-refractivity contribution < 1.29 is 33.0 Å². The molecule has 3 aromatic rings. The maximum Gasteiger partial charge on any atom is 0.311 e. The van der Waals surface area contributed by atoms with Crippen molar-refractivity contribution in [3.05, 3.63) is 63.6 Å². The Morgan fingerprint density at radius 3 is 2.42 bits per heavy atom. The number of hydrogen-bond donors (Lipinski definition) is 2. The summed E-state index contributed by atoms with van der Waals surface area (Å²) in [5.74, 6) is -7.83. The van der Waals surface area contributed by atoms with Crippen molar-refractivity contribution in [1.82, 2.24) is 4.57 Å². The van der Waals surface area contributed by atoms with Gasteiger partial charge < -0.3 is 10.2 Å². The van der Waals surface area contributed by atoms with Gasteiger partial charge in [0, 0.05) is 22.7 Å². The highest BCUT2D eigenvalue weighted by molar-refractivity contribution is 6.30. The highest BCUT2D eigenvalue weighted by Gasteiger charge is 2.35. The lowest BCUT2D eigenvalue weighted by atomic mass is 9.86. The Kier molecular flexibility index (Phi) is 6.14. The second kappa shape index (κ2) is 8.74. The zero-order chi connectivity index (χ0) is 24.0. The van der Waals surface area contributed by atoms with E-state index in [9.17, 15) is 28.6 Å². The molecule has 0 spiro atoms. The van der Waals surface area contributed by atoms with Gasteiger partial charge in [0.2, 0.25) is 0 Å². The summed E-state index contributed by atoms with van der Waals surface area (Å²) in [4.78, 5) is 25.6. The molecule has 2 N–H and O–H groups in total. The molecule has 1 aromatic heterocycles. The minimum absolute atomic E-state index is 0.0000135. The van der Waals surface area contributed by atoms with Crippen molar-refractivity contribution in [2.75, 3.05) is 0 Å². The quantitative estimate of drug-likeness (QED) is 0.459. The molecule has 1 saturated carbocycles. The van der Waals surface area contributed by atoms with Crippen LogP contribution in [0.25, 0.3) is 10.9 Å². The molecule has 0 unspecified atom stereocenters. The normalized spacial score (nSPS) is 15.3. The Labute approximate surface area is 192 Å². The number of nitrogens with zero attached hydrogens (tertiary/aromatic N) is 1. The molecular weight excluding hydrogens is 459 g/mol. The van der Waals surface area contributed by atoms with Gasteiger partial charge in [-0.2, -0.15) is 0 Å². The number of carbonyl (C=O) groups excluding carboxylic acids is 1. The average molecular weight is 480 g/mol. The Hall–Kier alpha value is -3.00. The third-order valence-corrected chi connectivity index (χ3v) is 6.78. The number of hydrogen-bond acceptors (Lipinski definition) is 3. The first kappa shape index (κ1) is 23.2. The van der Waals surface area contributed by atoms with Crippen molar-refractivity contribution in [1.29, 1.82) is 0 Å². The first-order valence-electron chi connectivity index (χ1n) is 10.6. The van der Waals surface area contributed by atoms with Gasteiger partial charge in [-0.05, 0) is 43.0 Å². The van der Waals surface area contributed by atoms with Crippen LogP contribution in [0.5, 0.6) is 5.75 Å². The molecule has 2 aromatic carbocycles. The first-order chi connectivity index (χ1) is 15.6. The number of carboxylic acids is 1. The molecule has 0 aliphatic heterocycles. The fraction of sp³-hybridized carbons (Fsp3) is 0.333. The number of phenolic OH excluding ortho intramolecular Hbond substituents is 1. The number of carbonyl (C=O) groups is 2. The van der Waals surface area contributed by atoms with E-state index in [1.54, 1.807) is 0 Å². The molecule has 1 fully saturated rings. The zero-order valence-electron chi connectivity index (χ0n) is 17.7. The summed E-state index contributed by atoms with van der Waals surface area (Å²) in [7, 11) is 0. The van der Waals surface area contributed by atoms with Gasteiger partial charge >= 0.3 is 5.97 Å². The standard InChI is InChI=1S/C24H21ClF3NO4/c1-11-19(14(24(32)33)8-12-4-2-3-5-12)20-18(10-17(27)22(30)21(20)28)29(11)23(31)13-6-7-15(25)16(26)9-13/h6-7,9-10,12,14,30H,2-5,8H2,1H3,(H,32,33)/t14-/m0/s1. The maximum atomic E-state index is 15.1. The summed E-state index contributed by atoms with van der Waals surface area (Å²) in [5, 5.41) is 19.4. The summed E-state index contributed by atoms with van der Waals surface area (Å²) in [5.41, 5.74) is -0.298. The van der Waals surface area contributed by atoms with Crippen LogP contribution in [-0.4, -0.2) is 26.7 Å². The van der Waals surface area contributed by atoms with E-state index < -0.39 is 41.0 Å². The van der Waals surface area contributed by atoms with Crippen molar-refractivity contribution in [3.63, 3.8) is 0 Å². The first-order valence-corrected chi connectivity index (χ1v) is 10.9. The van der Waals surface area contributed by atoms with Crippen LogP contribution in [0, 0.1) is 30.3 Å². The van der Waals surface area contributed by atoms with Gasteiger partial charge in [0.25, 0.3) is 5.91 Å². The van der Waals surface area contributed by atoms with Crippen molar-refractivity contribution >= 4 is 34.4 Å². The van der Waals surface area contributed by atoms with E-state index in [0.29, 0.717) is 0 Å². The molecule has 1 aliphatic carbocycles. The van der Waals surface area contributed by atoms with E-state index in [2.05, 4.69) is 0 Å². The van der Waals surface area contributed by atoms with Crippen molar-refractivity contribution in [3.8, 4) is 5.75 Å². The molecular formula is C24H21ClF3NO4. The predicted octanol–water partition coefficient (Wildman–Crippen LogP) is 6.16. The number of carboxylic acid groups (broad SMARTS) is 1. The average Bonchev–Trinajstić information content (AvgIpc) is 3.37. The summed E-state index contributed by atoms with van der Waals surface area (Å²) in [6.45, 7) is 1.43. The van der Waals surface area contributed by atoms with E-state index in [0.717, 1.165) is 42.4 Å². The second-order valence-electron chi connectivity index (χ2n) is 8.46. The number of benzene rings is 2. The van der Waals surface area contributed by atoms with Crippen LogP contribution in [-0.2, 0) is 4.79 Å². The van der Waals surface area contributed by atoms with Crippen LogP contribution in [0.1, 0.15) is 59.6 Å². The van der Waals surface area contributed by atoms with Crippen molar-refractivity contribution in [2.24, 2.45) is 5.92 Å². The lowest BCUT2D eigenvalue weighted by Crippen LogP contribution is -2.18. The highest BCUT2D eigenvalue weighted by Crippen LogP contribution is 2.42. The summed E-state index contributed by atoms with van der Waals surface area (Å²) < 4.78 is 44.4. The van der Waals surface area contributed by atoms with Crippen LogP contribution in [0.2, 0.25) is 5.02 Å². The Balaban J connectivity index is 1.98. The van der Waals surface area contributed by atoms with Crippen molar-refractivity contribution in [2.45, 2.75) is 44.9 Å². The summed E-state index contributed by atoms with van der Waals surface area (Å²) in [6.07, 6.45) is 3.84. The SMILES string of the molecule is Cc1c([C@H](CC2CCCC2)C(=O)O)c2c(F)c(O)c(F)cc2n1C(=O)c1ccc(Cl)c(F)c1. The Bertz CT molecular complexity index is 1280. The van der Waals surface area contributed by atoms with Crippen LogP contribution in [0.3, 0.4) is 0 Å². The molecule has 9 heteroatoms. The third-order valence-electron chi connectivity index (χ3n) is 6.47. The molecule has 0 saturated heterocycles. The zero-order valence-corrected chi connectivity index (χ0v) is 18.4. The van der Waals surface area contributed by atoms with Gasteiger partial charge in [-0.1, -0.05) is 37.3 Å². The summed E-state index contributed by atoms with van der Waals surface area (Å²) in [6, 6.07) is 4.12. The molecule has 0 radical (unpaired) electrons. The monoisotopic (exact) mass is 479 g/mol. The summed E-state index contributed by atoms with van der Waals surface area (Å²) >= 11 is 5.69. The molecule has 33 heavy (non-hydrogen) atoms. The van der Waals surface area contributed by atoms with Crippen LogP contribution < -0.4 is 0 Å². The molecule has 5 nitrogen and oxygen atoms in total. The van der Waals surface area contributed by atoms with Gasteiger partial charge in [0.05, 0.1) is 16.5 Å². The second-order valence-corrected chi connectivity index (χ2v) is 8.87. The number of fused-ring (bicyclic) bond motifs is 1. The van der Waals surface area contributed by atoms with E-state index in [1.807, 2.05) is 0 Å². The van der Waals surface area contributed by atoms with Gasteiger partial charge in [-0.3, -0.25) is 14.2 Å². The van der Waals surface area contributed by atoms with Gasteiger partial charge in [-0.25, -0.2) is 13.2 Å². The van der Waals surface area contributed by atoms with E-state index in [1.165, 1.54) is 19.1 Å². The minimum Gasteiger partial charge on any atom is -0.503 e. The smallest absolute Gasteiger partial charge is 0.311 e. The predicted molar refractivity (Wildman–Crippen MR) is 116 cm³/mol. The molecule has 4 rings (SSSR count). The van der Waals surface area contributed by atoms with Crippen LogP contribution in [0.4, 0.5) is 13.2 Å².